The zero-order valence-electron chi connectivity index (χ0n) is 19.4. The molecular formula is C28H25N3O5. The third-order valence-corrected chi connectivity index (χ3v) is 6.31. The molecule has 3 aromatic carbocycles. The second kappa shape index (κ2) is 9.95. The summed E-state index contributed by atoms with van der Waals surface area (Å²) in [5, 5.41) is 12.9. The van der Waals surface area contributed by atoms with E-state index in [2.05, 4.69) is 10.3 Å². The molecule has 36 heavy (non-hydrogen) atoms. The summed E-state index contributed by atoms with van der Waals surface area (Å²) in [5.74, 6) is -1.27. The molecule has 1 atom stereocenters. The van der Waals surface area contributed by atoms with Gasteiger partial charge in [-0.3, -0.25) is 9.69 Å². The summed E-state index contributed by atoms with van der Waals surface area (Å²) in [7, 11) is 0. The summed E-state index contributed by atoms with van der Waals surface area (Å²) in [6.45, 7) is 0.632. The van der Waals surface area contributed by atoms with E-state index >= 15 is 0 Å². The highest BCUT2D eigenvalue weighted by molar-refractivity contribution is 5.98. The van der Waals surface area contributed by atoms with Crippen molar-refractivity contribution in [3.05, 3.63) is 90.1 Å². The van der Waals surface area contributed by atoms with Crippen LogP contribution in [0, 0.1) is 0 Å². The molecule has 1 saturated heterocycles. The normalized spacial score (nSPS) is 15.1. The van der Waals surface area contributed by atoms with Gasteiger partial charge in [-0.15, -0.1) is 0 Å². The molecule has 0 saturated carbocycles. The van der Waals surface area contributed by atoms with Crippen LogP contribution in [-0.2, 0) is 16.1 Å². The highest BCUT2D eigenvalue weighted by Gasteiger charge is 2.35. The van der Waals surface area contributed by atoms with Crippen LogP contribution in [0.1, 0.15) is 28.9 Å². The molecule has 0 bridgehead atoms. The minimum absolute atomic E-state index is 0.131. The molecule has 1 aliphatic rings. The molecule has 8 nitrogen and oxygen atoms in total. The van der Waals surface area contributed by atoms with E-state index in [0.29, 0.717) is 18.7 Å². The Kier molecular flexibility index (Phi) is 6.40. The van der Waals surface area contributed by atoms with Crippen molar-refractivity contribution in [1.29, 1.82) is 0 Å². The highest BCUT2D eigenvalue weighted by atomic mass is 16.6. The maximum absolute atomic E-state index is 13.1. The Morgan fingerprint density at radius 2 is 1.78 bits per heavy atom. The van der Waals surface area contributed by atoms with Crippen molar-refractivity contribution in [2.24, 2.45) is 0 Å². The fourth-order valence-corrected chi connectivity index (χ4v) is 4.49. The summed E-state index contributed by atoms with van der Waals surface area (Å²) in [6, 6.07) is 23.5. The van der Waals surface area contributed by atoms with Crippen molar-refractivity contribution in [3.8, 4) is 11.1 Å². The van der Waals surface area contributed by atoms with Crippen LogP contribution < -0.4 is 5.32 Å². The standard InChI is InChI=1S/C28H25N3O5/c32-26(25-10-5-13-31(25)28(35)36-17-18-6-2-1-3-7-18)29-22-9-4-8-19(15-22)20-11-12-23-21(14-20)16-24(30-23)27(33)34/h1-4,6-9,11-12,14-16,25,30H,5,10,13,17H2,(H,29,32)(H,33,34). The number of anilines is 1. The monoisotopic (exact) mass is 483 g/mol. The Morgan fingerprint density at radius 3 is 2.58 bits per heavy atom. The number of nitrogens with zero attached hydrogens (tertiary/aromatic N) is 1. The second-order valence-electron chi connectivity index (χ2n) is 8.75. The van der Waals surface area contributed by atoms with Crippen molar-refractivity contribution in [1.82, 2.24) is 9.88 Å². The molecular weight excluding hydrogens is 458 g/mol. The summed E-state index contributed by atoms with van der Waals surface area (Å²) < 4.78 is 5.44. The van der Waals surface area contributed by atoms with Gasteiger partial charge in [0.15, 0.2) is 0 Å². The van der Waals surface area contributed by atoms with Gasteiger partial charge in [0.1, 0.15) is 18.3 Å². The van der Waals surface area contributed by atoms with Crippen molar-refractivity contribution < 1.29 is 24.2 Å². The van der Waals surface area contributed by atoms with Crippen LogP contribution in [0.25, 0.3) is 22.0 Å². The quantitative estimate of drug-likeness (QED) is 0.346. The number of hydrogen-bond acceptors (Lipinski definition) is 4. The van der Waals surface area contributed by atoms with Gasteiger partial charge in [-0.25, -0.2) is 9.59 Å². The van der Waals surface area contributed by atoms with Gasteiger partial charge in [0.05, 0.1) is 0 Å². The van der Waals surface area contributed by atoms with Gasteiger partial charge >= 0.3 is 12.1 Å². The zero-order chi connectivity index (χ0) is 25.1. The molecule has 1 fully saturated rings. The van der Waals surface area contributed by atoms with Gasteiger partial charge in [0.2, 0.25) is 5.91 Å². The Bertz CT molecular complexity index is 1430. The lowest BCUT2D eigenvalue weighted by Gasteiger charge is -2.23. The predicted molar refractivity (Wildman–Crippen MR) is 136 cm³/mol. The number of carbonyl (C=O) groups is 3. The maximum Gasteiger partial charge on any atom is 0.410 e. The van der Waals surface area contributed by atoms with Gasteiger partial charge in [-0.2, -0.15) is 0 Å². The average molecular weight is 484 g/mol. The number of fused-ring (bicyclic) bond motifs is 1. The van der Waals surface area contributed by atoms with Crippen LogP contribution in [0.15, 0.2) is 78.9 Å². The molecule has 3 N–H and O–H groups in total. The van der Waals surface area contributed by atoms with Crippen molar-refractivity contribution in [3.63, 3.8) is 0 Å². The van der Waals surface area contributed by atoms with E-state index in [-0.39, 0.29) is 18.2 Å². The van der Waals surface area contributed by atoms with Crippen molar-refractivity contribution >= 4 is 34.6 Å². The topological polar surface area (TPSA) is 112 Å². The van der Waals surface area contributed by atoms with Gasteiger partial charge in [0.25, 0.3) is 0 Å². The van der Waals surface area contributed by atoms with Crippen molar-refractivity contribution in [2.75, 3.05) is 11.9 Å². The third kappa shape index (κ3) is 4.93. The van der Waals surface area contributed by atoms with E-state index in [1.165, 1.54) is 4.90 Å². The van der Waals surface area contributed by atoms with Crippen LogP contribution in [-0.4, -0.2) is 45.5 Å². The van der Waals surface area contributed by atoms with E-state index in [9.17, 15) is 19.5 Å². The summed E-state index contributed by atoms with van der Waals surface area (Å²) in [6.07, 6.45) is 0.807. The molecule has 1 aliphatic heterocycles. The van der Waals surface area contributed by atoms with E-state index in [4.69, 9.17) is 4.74 Å². The number of amides is 2. The van der Waals surface area contributed by atoms with Crippen LogP contribution in [0.2, 0.25) is 0 Å². The third-order valence-electron chi connectivity index (χ3n) is 6.31. The Labute approximate surface area is 207 Å². The molecule has 8 heteroatoms. The van der Waals surface area contributed by atoms with E-state index in [0.717, 1.165) is 34.0 Å². The summed E-state index contributed by atoms with van der Waals surface area (Å²) >= 11 is 0. The highest BCUT2D eigenvalue weighted by Crippen LogP contribution is 2.28. The smallest absolute Gasteiger partial charge is 0.410 e. The van der Waals surface area contributed by atoms with Crippen LogP contribution >= 0.6 is 0 Å². The summed E-state index contributed by atoms with van der Waals surface area (Å²) in [4.78, 5) is 41.3. The number of hydrogen-bond donors (Lipinski definition) is 3. The number of aromatic amines is 1. The molecule has 182 valence electrons. The SMILES string of the molecule is O=C(O)c1cc2cc(-c3cccc(NC(=O)C4CCCN4C(=O)OCc4ccccc4)c3)ccc2[nH]1. The lowest BCUT2D eigenvalue weighted by atomic mass is 10.0. The number of carboxylic acids is 1. The van der Waals surface area contributed by atoms with Gasteiger partial charge < -0.3 is 20.1 Å². The first-order chi connectivity index (χ1) is 17.5. The number of carbonyl (C=O) groups excluding carboxylic acids is 2. The molecule has 2 amide bonds. The van der Waals surface area contributed by atoms with Gasteiger partial charge in [-0.1, -0.05) is 48.5 Å². The Hall–Kier alpha value is -4.59. The fourth-order valence-electron chi connectivity index (χ4n) is 4.49. The molecule has 0 radical (unpaired) electrons. The molecule has 5 rings (SSSR count). The predicted octanol–water partition coefficient (Wildman–Crippen LogP) is 5.27. The molecule has 0 aliphatic carbocycles. The van der Waals surface area contributed by atoms with Gasteiger partial charge in [0, 0.05) is 23.1 Å². The number of aromatic carboxylic acids is 1. The number of aromatic nitrogens is 1. The van der Waals surface area contributed by atoms with E-state index < -0.39 is 18.1 Å². The number of carboxylic acid groups (broad SMARTS) is 1. The number of rotatable bonds is 6. The number of ether oxygens (including phenoxy) is 1. The first-order valence-electron chi connectivity index (χ1n) is 11.7. The van der Waals surface area contributed by atoms with Crippen LogP contribution in [0.3, 0.4) is 0 Å². The van der Waals surface area contributed by atoms with Crippen LogP contribution in [0.5, 0.6) is 0 Å². The second-order valence-corrected chi connectivity index (χ2v) is 8.75. The van der Waals surface area contributed by atoms with E-state index in [1.807, 2.05) is 66.7 Å². The number of H-pyrrole nitrogens is 1. The number of benzene rings is 3. The Morgan fingerprint density at radius 1 is 0.972 bits per heavy atom. The van der Waals surface area contributed by atoms with E-state index in [1.54, 1.807) is 12.1 Å². The number of likely N-dealkylation sites (tertiary alicyclic amines) is 1. The Balaban J connectivity index is 1.27. The summed E-state index contributed by atoms with van der Waals surface area (Å²) in [5.41, 5.74) is 4.13. The maximum atomic E-state index is 13.1. The minimum Gasteiger partial charge on any atom is -0.477 e. The number of nitrogens with one attached hydrogen (secondary N) is 2. The lowest BCUT2D eigenvalue weighted by Crippen LogP contribution is -2.43. The molecule has 0 spiro atoms. The fraction of sp³-hybridized carbons (Fsp3) is 0.179. The minimum atomic E-state index is -1.01. The zero-order valence-corrected chi connectivity index (χ0v) is 19.4. The molecule has 4 aromatic rings. The molecule has 1 aromatic heterocycles. The van der Waals surface area contributed by atoms with Gasteiger partial charge in [-0.05, 0) is 59.9 Å². The molecule has 1 unspecified atom stereocenters. The average Bonchev–Trinajstić information content (AvgIpc) is 3.55. The lowest BCUT2D eigenvalue weighted by molar-refractivity contribution is -0.120. The first-order valence-corrected chi connectivity index (χ1v) is 11.7. The molecule has 2 heterocycles. The largest absolute Gasteiger partial charge is 0.477 e. The van der Waals surface area contributed by atoms with Crippen molar-refractivity contribution in [2.45, 2.75) is 25.5 Å². The van der Waals surface area contributed by atoms with Crippen LogP contribution in [0.4, 0.5) is 10.5 Å². The first kappa shape index (κ1) is 23.2.